The number of carbonyl (C=O) groups excluding carboxylic acids is 1. The van der Waals surface area contributed by atoms with Crippen LogP contribution in [-0.2, 0) is 9.53 Å². The van der Waals surface area contributed by atoms with Crippen LogP contribution in [0.25, 0.3) is 0 Å². The van der Waals surface area contributed by atoms with Crippen molar-refractivity contribution in [1.29, 1.82) is 0 Å². The van der Waals surface area contributed by atoms with Crippen LogP contribution in [0.15, 0.2) is 12.1 Å². The molecular weight excluding hydrogens is 240 g/mol. The first kappa shape index (κ1) is 12.5. The van der Waals surface area contributed by atoms with Crippen LogP contribution in [0, 0.1) is 0 Å². The summed E-state index contributed by atoms with van der Waals surface area (Å²) in [7, 11) is 1.44. The van der Waals surface area contributed by atoms with Crippen LogP contribution in [0.3, 0.4) is 0 Å². The van der Waals surface area contributed by atoms with Crippen molar-refractivity contribution in [3.63, 3.8) is 0 Å². The number of methoxy groups -OCH3 is 1. The van der Waals surface area contributed by atoms with Crippen LogP contribution in [0.1, 0.15) is 18.6 Å². The van der Waals surface area contributed by atoms with E-state index in [2.05, 4.69) is 0 Å². The van der Waals surface area contributed by atoms with Gasteiger partial charge in [0, 0.05) is 0 Å². The Kier molecular flexibility index (Phi) is 3.57. The van der Waals surface area contributed by atoms with Gasteiger partial charge in [0.05, 0.1) is 19.3 Å². The third-order valence-corrected chi connectivity index (χ3v) is 2.54. The van der Waals surface area contributed by atoms with Crippen molar-refractivity contribution in [1.82, 2.24) is 0 Å². The maximum Gasteiger partial charge on any atom is 0.339 e. The molecule has 98 valence electrons. The average molecular weight is 254 g/mol. The minimum atomic E-state index is -1.46. The fraction of sp³-hybridized carbons (Fsp3) is 0.417. The van der Waals surface area contributed by atoms with Crippen LogP contribution < -0.4 is 14.2 Å². The van der Waals surface area contributed by atoms with E-state index in [1.54, 1.807) is 19.1 Å². The van der Waals surface area contributed by atoms with Gasteiger partial charge in [0.25, 0.3) is 0 Å². The molecule has 2 rings (SSSR count). The molecule has 0 bridgehead atoms. The third kappa shape index (κ3) is 2.06. The van der Waals surface area contributed by atoms with Gasteiger partial charge in [-0.2, -0.15) is 0 Å². The minimum absolute atomic E-state index is 0.0467. The molecule has 0 saturated carbocycles. The standard InChI is InChI=1S/C12H14O6/c1-3-16-12(14)10(13)9-7(15-2)4-5-8-11(9)18-6-17-8/h4-5,10,13H,3,6H2,1-2H3. The predicted octanol–water partition coefficient (Wildman–Crippen LogP) is 1.02. The summed E-state index contributed by atoms with van der Waals surface area (Å²) in [6.07, 6.45) is -1.46. The number of hydrogen-bond acceptors (Lipinski definition) is 6. The van der Waals surface area contributed by atoms with Gasteiger partial charge >= 0.3 is 5.97 Å². The summed E-state index contributed by atoms with van der Waals surface area (Å²) in [4.78, 5) is 11.6. The first-order chi connectivity index (χ1) is 8.69. The Balaban J connectivity index is 2.41. The number of carbonyl (C=O) groups is 1. The average Bonchev–Trinajstić information content (AvgIpc) is 2.85. The van der Waals surface area contributed by atoms with Crippen molar-refractivity contribution in [3.8, 4) is 17.2 Å². The van der Waals surface area contributed by atoms with E-state index in [9.17, 15) is 9.90 Å². The largest absolute Gasteiger partial charge is 0.496 e. The number of benzene rings is 1. The Morgan fingerprint density at radius 1 is 1.50 bits per heavy atom. The number of aliphatic hydroxyl groups excluding tert-OH is 1. The van der Waals surface area contributed by atoms with Gasteiger partial charge in [-0.05, 0) is 19.1 Å². The van der Waals surface area contributed by atoms with Crippen molar-refractivity contribution >= 4 is 5.97 Å². The lowest BCUT2D eigenvalue weighted by molar-refractivity contribution is -0.153. The second-order valence-corrected chi connectivity index (χ2v) is 3.57. The maximum atomic E-state index is 11.6. The molecule has 0 radical (unpaired) electrons. The lowest BCUT2D eigenvalue weighted by Crippen LogP contribution is -2.16. The van der Waals surface area contributed by atoms with Crippen molar-refractivity contribution in [2.45, 2.75) is 13.0 Å². The highest BCUT2D eigenvalue weighted by molar-refractivity contribution is 5.79. The summed E-state index contributed by atoms with van der Waals surface area (Å²) >= 11 is 0. The Morgan fingerprint density at radius 2 is 2.28 bits per heavy atom. The number of ether oxygens (including phenoxy) is 4. The van der Waals surface area contributed by atoms with Crippen LogP contribution in [-0.4, -0.2) is 31.6 Å². The summed E-state index contributed by atoms with van der Waals surface area (Å²) in [6.45, 7) is 1.90. The van der Waals surface area contributed by atoms with E-state index >= 15 is 0 Å². The van der Waals surface area contributed by atoms with Gasteiger partial charge in [0.15, 0.2) is 17.6 Å². The number of rotatable bonds is 4. The van der Waals surface area contributed by atoms with Crippen molar-refractivity contribution in [2.75, 3.05) is 20.5 Å². The number of fused-ring (bicyclic) bond motifs is 1. The Morgan fingerprint density at radius 3 is 2.94 bits per heavy atom. The molecule has 6 nitrogen and oxygen atoms in total. The number of esters is 1. The SMILES string of the molecule is CCOC(=O)C(O)c1c(OC)ccc2c1OCO2. The lowest BCUT2D eigenvalue weighted by Gasteiger charge is -2.15. The van der Waals surface area contributed by atoms with Gasteiger partial charge in [0.1, 0.15) is 5.75 Å². The third-order valence-electron chi connectivity index (χ3n) is 2.54. The molecule has 1 aliphatic heterocycles. The highest BCUT2D eigenvalue weighted by atomic mass is 16.7. The molecule has 0 fully saturated rings. The van der Waals surface area contributed by atoms with E-state index in [1.807, 2.05) is 0 Å². The Hall–Kier alpha value is -1.95. The Labute approximate surface area is 104 Å². The first-order valence-electron chi connectivity index (χ1n) is 5.50. The first-order valence-corrected chi connectivity index (χ1v) is 5.50. The normalized spacial score (nSPS) is 14.2. The van der Waals surface area contributed by atoms with E-state index in [0.29, 0.717) is 17.2 Å². The van der Waals surface area contributed by atoms with Gasteiger partial charge in [-0.15, -0.1) is 0 Å². The molecule has 1 aromatic rings. The van der Waals surface area contributed by atoms with E-state index in [-0.39, 0.29) is 19.0 Å². The van der Waals surface area contributed by atoms with Gasteiger partial charge in [0.2, 0.25) is 6.79 Å². The molecule has 0 aliphatic carbocycles. The van der Waals surface area contributed by atoms with E-state index in [1.165, 1.54) is 7.11 Å². The molecule has 0 spiro atoms. The molecule has 1 unspecified atom stereocenters. The monoisotopic (exact) mass is 254 g/mol. The molecule has 0 saturated heterocycles. The van der Waals surface area contributed by atoms with Gasteiger partial charge in [-0.3, -0.25) is 0 Å². The lowest BCUT2D eigenvalue weighted by atomic mass is 10.1. The zero-order valence-electron chi connectivity index (χ0n) is 10.1. The smallest absolute Gasteiger partial charge is 0.339 e. The van der Waals surface area contributed by atoms with E-state index in [0.717, 1.165) is 0 Å². The second-order valence-electron chi connectivity index (χ2n) is 3.57. The summed E-state index contributed by atoms with van der Waals surface area (Å²) in [6, 6.07) is 3.26. The molecule has 1 N–H and O–H groups in total. The van der Waals surface area contributed by atoms with Crippen molar-refractivity contribution in [3.05, 3.63) is 17.7 Å². The summed E-state index contributed by atoms with van der Waals surface area (Å²) in [5.74, 6) is 0.378. The molecule has 18 heavy (non-hydrogen) atoms. The highest BCUT2D eigenvalue weighted by Gasteiger charge is 2.31. The van der Waals surface area contributed by atoms with Crippen LogP contribution in [0.4, 0.5) is 0 Å². The zero-order chi connectivity index (χ0) is 13.1. The molecule has 1 aromatic carbocycles. The number of hydrogen-bond donors (Lipinski definition) is 1. The molecule has 1 heterocycles. The summed E-state index contributed by atoms with van der Waals surface area (Å²) in [5.41, 5.74) is 0.228. The Bertz CT molecular complexity index is 456. The molecular formula is C12H14O6. The minimum Gasteiger partial charge on any atom is -0.496 e. The van der Waals surface area contributed by atoms with Crippen LogP contribution in [0.5, 0.6) is 17.2 Å². The predicted molar refractivity (Wildman–Crippen MR) is 60.7 cm³/mol. The quantitative estimate of drug-likeness (QED) is 0.809. The molecule has 1 aliphatic rings. The summed E-state index contributed by atoms with van der Waals surface area (Å²) in [5, 5.41) is 10.0. The second kappa shape index (κ2) is 5.14. The fourth-order valence-corrected chi connectivity index (χ4v) is 1.75. The maximum absolute atomic E-state index is 11.6. The van der Waals surface area contributed by atoms with Crippen LogP contribution >= 0.6 is 0 Å². The van der Waals surface area contributed by atoms with Gasteiger partial charge in [-0.25, -0.2) is 4.79 Å². The number of aliphatic hydroxyl groups is 1. The molecule has 6 heteroatoms. The van der Waals surface area contributed by atoms with E-state index < -0.39 is 12.1 Å². The van der Waals surface area contributed by atoms with Crippen molar-refractivity contribution in [2.24, 2.45) is 0 Å². The highest BCUT2D eigenvalue weighted by Crippen LogP contribution is 2.44. The van der Waals surface area contributed by atoms with Gasteiger partial charge < -0.3 is 24.1 Å². The molecule has 0 aromatic heterocycles. The summed E-state index contributed by atoms with van der Waals surface area (Å²) < 4.78 is 20.3. The zero-order valence-corrected chi connectivity index (χ0v) is 10.1. The van der Waals surface area contributed by atoms with Crippen LogP contribution in [0.2, 0.25) is 0 Å². The van der Waals surface area contributed by atoms with Gasteiger partial charge in [-0.1, -0.05) is 0 Å². The molecule has 1 atom stereocenters. The fourth-order valence-electron chi connectivity index (χ4n) is 1.75. The van der Waals surface area contributed by atoms with Crippen molar-refractivity contribution < 1.29 is 28.8 Å². The molecule has 0 amide bonds. The van der Waals surface area contributed by atoms with E-state index in [4.69, 9.17) is 18.9 Å². The topological polar surface area (TPSA) is 74.2 Å².